The third-order valence-corrected chi connectivity index (χ3v) is 6.42. The van der Waals surface area contributed by atoms with E-state index in [1.807, 2.05) is 0 Å². The van der Waals surface area contributed by atoms with Crippen LogP contribution in [0, 0.1) is 11.7 Å². The summed E-state index contributed by atoms with van der Waals surface area (Å²) in [5, 5.41) is 3.57. The molecule has 1 aliphatic heterocycles. The highest BCUT2D eigenvalue weighted by atomic mass is 32.2. The summed E-state index contributed by atoms with van der Waals surface area (Å²) in [6, 6.07) is 4.37. The Kier molecular flexibility index (Phi) is 4.06. The fourth-order valence-corrected chi connectivity index (χ4v) is 4.78. The van der Waals surface area contributed by atoms with Crippen LogP contribution in [0.1, 0.15) is 50.6 Å². The maximum Gasteiger partial charge on any atom is 0.178 e. The Bertz CT molecular complexity index is 625. The maximum atomic E-state index is 13.5. The van der Waals surface area contributed by atoms with Crippen molar-refractivity contribution in [3.05, 3.63) is 29.6 Å². The number of rotatable bonds is 5. The monoisotopic (exact) mass is 311 g/mol. The zero-order chi connectivity index (χ0) is 15.0. The van der Waals surface area contributed by atoms with E-state index in [4.69, 9.17) is 0 Å². The van der Waals surface area contributed by atoms with Crippen molar-refractivity contribution >= 4 is 9.84 Å². The molecule has 1 aromatic carbocycles. The van der Waals surface area contributed by atoms with Gasteiger partial charge in [0.15, 0.2) is 9.84 Å². The van der Waals surface area contributed by atoms with Gasteiger partial charge < -0.3 is 5.32 Å². The summed E-state index contributed by atoms with van der Waals surface area (Å²) in [6.07, 6.45) is 5.31. The number of hydrogen-bond donors (Lipinski definition) is 1. The molecule has 2 atom stereocenters. The Morgan fingerprint density at radius 1 is 1.33 bits per heavy atom. The zero-order valence-electron chi connectivity index (χ0n) is 12.3. The fourth-order valence-electron chi connectivity index (χ4n) is 3.18. The van der Waals surface area contributed by atoms with Gasteiger partial charge >= 0.3 is 0 Å². The SMILES string of the molecule is CCC(CC1CC1)NC1CCS(=O)(=O)c2ccc(F)cc21. The van der Waals surface area contributed by atoms with Crippen LogP contribution in [0.4, 0.5) is 4.39 Å². The standard InChI is InChI=1S/C16H22FNO2S/c1-2-13(9-11-3-4-11)18-15-7-8-21(19,20)16-6-5-12(17)10-14(15)16/h5-6,10-11,13,15,18H,2-4,7-9H2,1H3. The van der Waals surface area contributed by atoms with Gasteiger partial charge in [-0.2, -0.15) is 0 Å². The van der Waals surface area contributed by atoms with Crippen LogP contribution >= 0.6 is 0 Å². The van der Waals surface area contributed by atoms with Gasteiger partial charge in [0.2, 0.25) is 0 Å². The van der Waals surface area contributed by atoms with Gasteiger partial charge in [-0.15, -0.1) is 0 Å². The van der Waals surface area contributed by atoms with Crippen LogP contribution in [0.25, 0.3) is 0 Å². The number of halogens is 1. The van der Waals surface area contributed by atoms with E-state index in [1.165, 1.54) is 31.0 Å². The molecule has 0 bridgehead atoms. The van der Waals surface area contributed by atoms with Crippen LogP contribution in [0.15, 0.2) is 23.1 Å². The minimum Gasteiger partial charge on any atom is -0.307 e. The Balaban J connectivity index is 1.84. The van der Waals surface area contributed by atoms with Crippen molar-refractivity contribution in [2.45, 2.75) is 56.0 Å². The zero-order valence-corrected chi connectivity index (χ0v) is 13.1. The van der Waals surface area contributed by atoms with Crippen molar-refractivity contribution in [3.63, 3.8) is 0 Å². The molecule has 5 heteroatoms. The first-order valence-electron chi connectivity index (χ1n) is 7.78. The van der Waals surface area contributed by atoms with Crippen LogP contribution in [0.2, 0.25) is 0 Å². The smallest absolute Gasteiger partial charge is 0.178 e. The van der Waals surface area contributed by atoms with Crippen molar-refractivity contribution in [3.8, 4) is 0 Å². The largest absolute Gasteiger partial charge is 0.307 e. The lowest BCUT2D eigenvalue weighted by atomic mass is 10.00. The van der Waals surface area contributed by atoms with Gasteiger partial charge in [0, 0.05) is 12.1 Å². The molecule has 1 aromatic rings. The molecule has 116 valence electrons. The lowest BCUT2D eigenvalue weighted by molar-refractivity contribution is 0.375. The molecule has 0 aromatic heterocycles. The average molecular weight is 311 g/mol. The second-order valence-electron chi connectivity index (χ2n) is 6.29. The second-order valence-corrected chi connectivity index (χ2v) is 8.37. The first kappa shape index (κ1) is 15.0. The van der Waals surface area contributed by atoms with E-state index < -0.39 is 9.84 Å². The fraction of sp³-hybridized carbons (Fsp3) is 0.625. The van der Waals surface area contributed by atoms with Gasteiger partial charge in [0.1, 0.15) is 5.82 Å². The van der Waals surface area contributed by atoms with E-state index in [-0.39, 0.29) is 17.6 Å². The van der Waals surface area contributed by atoms with Crippen LogP contribution in [0.5, 0.6) is 0 Å². The quantitative estimate of drug-likeness (QED) is 0.849. The molecule has 0 saturated heterocycles. The molecule has 2 aliphatic rings. The normalized spacial score (nSPS) is 25.3. The molecule has 0 radical (unpaired) electrons. The van der Waals surface area contributed by atoms with Gasteiger partial charge in [0.25, 0.3) is 0 Å². The van der Waals surface area contributed by atoms with Gasteiger partial charge in [-0.25, -0.2) is 12.8 Å². The summed E-state index contributed by atoms with van der Waals surface area (Å²) in [7, 11) is -3.25. The van der Waals surface area contributed by atoms with Crippen LogP contribution in [-0.2, 0) is 9.84 Å². The molecule has 3 rings (SSSR count). The molecule has 21 heavy (non-hydrogen) atoms. The number of sulfone groups is 1. The molecule has 1 aliphatic carbocycles. The summed E-state index contributed by atoms with van der Waals surface area (Å²) in [6.45, 7) is 2.14. The van der Waals surface area contributed by atoms with Crippen molar-refractivity contribution in [1.29, 1.82) is 0 Å². The lowest BCUT2D eigenvalue weighted by Gasteiger charge is -2.30. The molecule has 0 amide bonds. The summed E-state index contributed by atoms with van der Waals surface area (Å²) in [5.74, 6) is 0.595. The Morgan fingerprint density at radius 2 is 2.10 bits per heavy atom. The molecule has 1 fully saturated rings. The summed E-state index contributed by atoms with van der Waals surface area (Å²) < 4.78 is 37.8. The van der Waals surface area contributed by atoms with Crippen molar-refractivity contribution in [1.82, 2.24) is 5.32 Å². The average Bonchev–Trinajstić information content (AvgIpc) is 3.24. The summed E-state index contributed by atoms with van der Waals surface area (Å²) in [5.41, 5.74) is 0.607. The lowest BCUT2D eigenvalue weighted by Crippen LogP contribution is -2.37. The van der Waals surface area contributed by atoms with E-state index in [0.717, 1.165) is 18.8 Å². The predicted octanol–water partition coefficient (Wildman–Crippen LogP) is 3.21. The van der Waals surface area contributed by atoms with E-state index in [9.17, 15) is 12.8 Å². The minimum atomic E-state index is -3.25. The van der Waals surface area contributed by atoms with E-state index in [2.05, 4.69) is 12.2 Å². The first-order chi connectivity index (χ1) is 9.99. The van der Waals surface area contributed by atoms with Crippen LogP contribution in [0.3, 0.4) is 0 Å². The highest BCUT2D eigenvalue weighted by Crippen LogP contribution is 2.37. The molecule has 1 N–H and O–H groups in total. The van der Waals surface area contributed by atoms with Crippen molar-refractivity contribution < 1.29 is 12.8 Å². The third kappa shape index (κ3) is 3.29. The number of hydrogen-bond acceptors (Lipinski definition) is 3. The molecule has 2 unspecified atom stereocenters. The maximum absolute atomic E-state index is 13.5. The number of nitrogens with one attached hydrogen (secondary N) is 1. The van der Waals surface area contributed by atoms with E-state index in [0.29, 0.717) is 22.9 Å². The summed E-state index contributed by atoms with van der Waals surface area (Å²) >= 11 is 0. The number of fused-ring (bicyclic) bond motifs is 1. The van der Waals surface area contributed by atoms with Gasteiger partial charge in [0.05, 0.1) is 10.6 Å². The highest BCUT2D eigenvalue weighted by molar-refractivity contribution is 7.91. The van der Waals surface area contributed by atoms with Crippen LogP contribution < -0.4 is 5.32 Å². The highest BCUT2D eigenvalue weighted by Gasteiger charge is 2.32. The first-order valence-corrected chi connectivity index (χ1v) is 9.43. The summed E-state index contributed by atoms with van der Waals surface area (Å²) in [4.78, 5) is 0.300. The predicted molar refractivity (Wildman–Crippen MR) is 80.4 cm³/mol. The van der Waals surface area contributed by atoms with Crippen molar-refractivity contribution in [2.75, 3.05) is 5.75 Å². The molecular weight excluding hydrogens is 289 g/mol. The molecule has 1 saturated carbocycles. The van der Waals surface area contributed by atoms with Gasteiger partial charge in [-0.3, -0.25) is 0 Å². The van der Waals surface area contributed by atoms with Crippen LogP contribution in [-0.4, -0.2) is 20.2 Å². The van der Waals surface area contributed by atoms with Gasteiger partial charge in [-0.05, 0) is 48.9 Å². The van der Waals surface area contributed by atoms with E-state index in [1.54, 1.807) is 0 Å². The molecule has 3 nitrogen and oxygen atoms in total. The van der Waals surface area contributed by atoms with E-state index >= 15 is 0 Å². The minimum absolute atomic E-state index is 0.0528. The Labute approximate surface area is 125 Å². The molecular formula is C16H22FNO2S. The number of benzene rings is 1. The van der Waals surface area contributed by atoms with Gasteiger partial charge in [-0.1, -0.05) is 19.8 Å². The topological polar surface area (TPSA) is 46.2 Å². The Hall–Kier alpha value is -0.940. The molecule has 0 spiro atoms. The second kappa shape index (κ2) is 5.69. The molecule has 1 heterocycles. The van der Waals surface area contributed by atoms with Crippen molar-refractivity contribution in [2.24, 2.45) is 5.92 Å². The third-order valence-electron chi connectivity index (χ3n) is 4.60. The Morgan fingerprint density at radius 3 is 2.76 bits per heavy atom.